The number of nitrogen functional groups attached to an aromatic ring is 1. The van der Waals surface area contributed by atoms with Crippen LogP contribution in [0.15, 0.2) is 79.4 Å². The molecule has 0 saturated carbocycles. The topological polar surface area (TPSA) is 78.7 Å². The highest BCUT2D eigenvalue weighted by Gasteiger charge is 2.32. The number of hydrogen-bond donors (Lipinski definition) is 2. The molecule has 2 amide bonds. The van der Waals surface area contributed by atoms with Gasteiger partial charge in [-0.25, -0.2) is 0 Å². The molecule has 2 heterocycles. The van der Waals surface area contributed by atoms with Gasteiger partial charge in [0.05, 0.1) is 11.4 Å². The highest BCUT2D eigenvalue weighted by Crippen LogP contribution is 2.38. The molecule has 2 aliphatic heterocycles. The van der Waals surface area contributed by atoms with Gasteiger partial charge in [-0.15, -0.1) is 0 Å². The summed E-state index contributed by atoms with van der Waals surface area (Å²) in [7, 11) is 0. The Balaban J connectivity index is 0.00000172. The van der Waals surface area contributed by atoms with Crippen molar-refractivity contribution in [1.82, 2.24) is 9.80 Å². The van der Waals surface area contributed by atoms with E-state index in [9.17, 15) is 9.59 Å². The predicted octanol–water partition coefficient (Wildman–Crippen LogP) is 6.52. The molecule has 2 aliphatic rings. The molecule has 0 aromatic heterocycles. The van der Waals surface area contributed by atoms with Gasteiger partial charge in [-0.2, -0.15) is 0 Å². The molecule has 204 valence electrons. The van der Waals surface area contributed by atoms with Crippen molar-refractivity contribution in [3.63, 3.8) is 0 Å². The van der Waals surface area contributed by atoms with E-state index < -0.39 is 0 Å². The molecule has 1 atom stereocenters. The Bertz CT molecular complexity index is 1300. The van der Waals surface area contributed by atoms with E-state index in [0.717, 1.165) is 42.6 Å². The summed E-state index contributed by atoms with van der Waals surface area (Å²) in [5.41, 5.74) is 12.1. The number of benzene rings is 3. The minimum Gasteiger partial charge on any atom is -0.397 e. The number of fused-ring (bicyclic) bond motifs is 1. The lowest BCUT2D eigenvalue weighted by Gasteiger charge is -2.39. The molecule has 0 radical (unpaired) electrons. The minimum atomic E-state index is -0.199. The van der Waals surface area contributed by atoms with Crippen LogP contribution in [0, 0.1) is 0 Å². The first-order valence-electron chi connectivity index (χ1n) is 14.0. The van der Waals surface area contributed by atoms with Crippen molar-refractivity contribution in [3.05, 3.63) is 102 Å². The number of carbonyl (C=O) groups excluding carboxylic acids is 2. The molecule has 39 heavy (non-hydrogen) atoms. The molecule has 0 bridgehead atoms. The number of rotatable bonds is 6. The molecule has 0 spiro atoms. The van der Waals surface area contributed by atoms with Crippen molar-refractivity contribution in [2.45, 2.75) is 52.1 Å². The quantitative estimate of drug-likeness (QED) is 0.360. The van der Waals surface area contributed by atoms with Crippen LogP contribution >= 0.6 is 0 Å². The van der Waals surface area contributed by atoms with Gasteiger partial charge in [0.2, 0.25) is 5.91 Å². The molecule has 1 saturated heterocycles. The first kappa shape index (κ1) is 28.1. The van der Waals surface area contributed by atoms with Crippen molar-refractivity contribution in [2.75, 3.05) is 30.7 Å². The third-order valence-electron chi connectivity index (χ3n) is 7.42. The maximum absolute atomic E-state index is 13.3. The van der Waals surface area contributed by atoms with Gasteiger partial charge in [0.15, 0.2) is 0 Å². The lowest BCUT2D eigenvalue weighted by atomic mass is 9.87. The predicted molar refractivity (Wildman–Crippen MR) is 160 cm³/mol. The Hall–Kier alpha value is -3.90. The smallest absolute Gasteiger partial charge is 0.255 e. The molecule has 1 fully saturated rings. The van der Waals surface area contributed by atoms with Crippen molar-refractivity contribution < 1.29 is 9.59 Å². The van der Waals surface area contributed by atoms with Crippen LogP contribution in [-0.2, 0) is 11.3 Å². The van der Waals surface area contributed by atoms with Crippen LogP contribution in [0.1, 0.15) is 72.6 Å². The van der Waals surface area contributed by atoms with Crippen molar-refractivity contribution in [2.24, 2.45) is 0 Å². The number of amides is 2. The Morgan fingerprint density at radius 3 is 2.31 bits per heavy atom. The number of para-hydroxylation sites is 2. The van der Waals surface area contributed by atoms with E-state index >= 15 is 0 Å². The van der Waals surface area contributed by atoms with Gasteiger partial charge in [-0.05, 0) is 65.8 Å². The van der Waals surface area contributed by atoms with E-state index in [4.69, 9.17) is 5.73 Å². The maximum Gasteiger partial charge on any atom is 0.255 e. The molecular formula is C33H40N4O2. The third kappa shape index (κ3) is 6.76. The van der Waals surface area contributed by atoms with Crippen LogP contribution < -0.4 is 11.1 Å². The SMILES string of the molecule is C=C1CN(Cc2ccc(C(=O)Nc3ccccc3N)cc2)C(CC(=O)N2CCCCC2)c2ccccc21.CC. The lowest BCUT2D eigenvalue weighted by molar-refractivity contribution is -0.133. The summed E-state index contributed by atoms with van der Waals surface area (Å²) in [5.74, 6) is 0.0268. The van der Waals surface area contributed by atoms with Crippen LogP contribution in [0.2, 0.25) is 0 Å². The molecule has 1 unspecified atom stereocenters. The summed E-state index contributed by atoms with van der Waals surface area (Å²) in [6.45, 7) is 11.4. The van der Waals surface area contributed by atoms with Gasteiger partial charge in [0.25, 0.3) is 5.91 Å². The van der Waals surface area contributed by atoms with Gasteiger partial charge >= 0.3 is 0 Å². The second-order valence-corrected chi connectivity index (χ2v) is 10.00. The molecule has 6 nitrogen and oxygen atoms in total. The van der Waals surface area contributed by atoms with Crippen molar-refractivity contribution in [1.29, 1.82) is 0 Å². The fraction of sp³-hybridized carbons (Fsp3) is 0.333. The number of hydrogen-bond acceptors (Lipinski definition) is 4. The zero-order chi connectivity index (χ0) is 27.8. The summed E-state index contributed by atoms with van der Waals surface area (Å²) in [6.07, 6.45) is 3.84. The summed E-state index contributed by atoms with van der Waals surface area (Å²) in [5, 5.41) is 2.88. The fourth-order valence-electron chi connectivity index (χ4n) is 5.39. The number of nitrogens with zero attached hydrogens (tertiary/aromatic N) is 2. The van der Waals surface area contributed by atoms with Gasteiger partial charge in [0.1, 0.15) is 0 Å². The Morgan fingerprint density at radius 2 is 1.59 bits per heavy atom. The maximum atomic E-state index is 13.3. The van der Waals surface area contributed by atoms with Crippen LogP contribution in [0.4, 0.5) is 11.4 Å². The van der Waals surface area contributed by atoms with Crippen LogP contribution in [0.5, 0.6) is 0 Å². The molecule has 5 rings (SSSR count). The first-order valence-corrected chi connectivity index (χ1v) is 14.0. The molecule has 3 N–H and O–H groups in total. The lowest BCUT2D eigenvalue weighted by Crippen LogP contribution is -2.41. The second kappa shape index (κ2) is 13.3. The monoisotopic (exact) mass is 524 g/mol. The van der Waals surface area contributed by atoms with Gasteiger partial charge in [-0.1, -0.05) is 69.0 Å². The van der Waals surface area contributed by atoms with Crippen molar-refractivity contribution >= 4 is 28.8 Å². The van der Waals surface area contributed by atoms with Gasteiger partial charge in [0, 0.05) is 44.2 Å². The second-order valence-electron chi connectivity index (χ2n) is 10.00. The van der Waals surface area contributed by atoms with Crippen LogP contribution in [0.25, 0.3) is 5.57 Å². The van der Waals surface area contributed by atoms with Gasteiger partial charge in [-0.3, -0.25) is 14.5 Å². The average molecular weight is 525 g/mol. The Morgan fingerprint density at radius 1 is 0.923 bits per heavy atom. The number of anilines is 2. The number of carbonyl (C=O) groups is 2. The highest BCUT2D eigenvalue weighted by molar-refractivity contribution is 6.05. The molecule has 0 aliphatic carbocycles. The van der Waals surface area contributed by atoms with E-state index in [2.05, 4.69) is 28.9 Å². The van der Waals surface area contributed by atoms with E-state index in [1.165, 1.54) is 12.0 Å². The summed E-state index contributed by atoms with van der Waals surface area (Å²) in [6, 6.07) is 23.2. The normalized spacial score (nSPS) is 17.0. The number of nitrogens with two attached hydrogens (primary N) is 1. The highest BCUT2D eigenvalue weighted by atomic mass is 16.2. The minimum absolute atomic E-state index is 0.0137. The number of nitrogens with one attached hydrogen (secondary N) is 1. The van der Waals surface area contributed by atoms with E-state index in [-0.39, 0.29) is 17.9 Å². The largest absolute Gasteiger partial charge is 0.397 e. The zero-order valence-corrected chi connectivity index (χ0v) is 23.2. The Kier molecular flexibility index (Phi) is 9.55. The fourth-order valence-corrected chi connectivity index (χ4v) is 5.39. The van der Waals surface area contributed by atoms with E-state index in [0.29, 0.717) is 36.4 Å². The Labute approximate surface area is 232 Å². The third-order valence-corrected chi connectivity index (χ3v) is 7.42. The van der Waals surface area contributed by atoms with Crippen LogP contribution in [0.3, 0.4) is 0 Å². The number of piperidine rings is 1. The molecule has 6 heteroatoms. The molecule has 3 aromatic carbocycles. The summed E-state index contributed by atoms with van der Waals surface area (Å²) >= 11 is 0. The summed E-state index contributed by atoms with van der Waals surface area (Å²) in [4.78, 5) is 30.4. The number of likely N-dealkylation sites (tertiary alicyclic amines) is 1. The zero-order valence-electron chi connectivity index (χ0n) is 23.2. The summed E-state index contributed by atoms with van der Waals surface area (Å²) < 4.78 is 0. The van der Waals surface area contributed by atoms with E-state index in [1.54, 1.807) is 12.1 Å². The van der Waals surface area contributed by atoms with Crippen LogP contribution in [-0.4, -0.2) is 41.2 Å². The van der Waals surface area contributed by atoms with E-state index in [1.807, 2.05) is 67.3 Å². The van der Waals surface area contributed by atoms with Gasteiger partial charge < -0.3 is 16.0 Å². The molecule has 3 aromatic rings. The standard InChI is InChI=1S/C31H34N4O2.C2H6/c1-22-20-35(21-23-13-15-24(16-14-23)31(37)33-28-12-6-5-11-27(28)32)29(26-10-4-3-9-25(22)26)19-30(36)34-17-7-2-8-18-34;1-2/h3-6,9-16,29H,1-2,7-8,17-21,32H2,(H,33,37);1-2H3. The molecular weight excluding hydrogens is 484 g/mol. The average Bonchev–Trinajstić information content (AvgIpc) is 2.98. The first-order chi connectivity index (χ1) is 19.0. The van der Waals surface area contributed by atoms with Crippen molar-refractivity contribution in [3.8, 4) is 0 Å².